The van der Waals surface area contributed by atoms with Gasteiger partial charge in [-0.25, -0.2) is 9.99 Å². The molecule has 17 heavy (non-hydrogen) atoms. The van der Waals surface area contributed by atoms with Gasteiger partial charge in [-0.05, 0) is 25.0 Å². The van der Waals surface area contributed by atoms with Crippen LogP contribution in [0.4, 0.5) is 5.69 Å². The minimum absolute atomic E-state index is 0.130. The van der Waals surface area contributed by atoms with E-state index in [2.05, 4.69) is 15.7 Å². The number of anilines is 1. The van der Waals surface area contributed by atoms with Crippen LogP contribution < -0.4 is 10.7 Å². The molecule has 1 amide bonds. The molecular weight excluding hydrogens is 216 g/mol. The van der Waals surface area contributed by atoms with Gasteiger partial charge < -0.3 is 5.32 Å². The van der Waals surface area contributed by atoms with Crippen molar-refractivity contribution in [2.75, 3.05) is 25.5 Å². The topological polar surface area (TPSA) is 57.3 Å². The molecule has 0 spiro atoms. The largest absolute Gasteiger partial charge is 0.387 e. The minimum atomic E-state index is -0.130. The van der Waals surface area contributed by atoms with Crippen LogP contribution in [0.3, 0.4) is 0 Å². The summed E-state index contributed by atoms with van der Waals surface area (Å²) in [6.07, 6.45) is 5.20. The fourth-order valence-electron chi connectivity index (χ4n) is 1.88. The third-order valence-electron chi connectivity index (χ3n) is 2.90. The summed E-state index contributed by atoms with van der Waals surface area (Å²) < 4.78 is 0. The van der Waals surface area contributed by atoms with Gasteiger partial charge in [-0.2, -0.15) is 0 Å². The predicted octanol–water partition coefficient (Wildman–Crippen LogP) is 1.25. The fraction of sp³-hybridized carbons (Fsp3) is 0.500. The number of nitrogens with zero attached hydrogens (tertiary/aromatic N) is 2. The molecule has 0 atom stereocenters. The molecule has 1 aromatic rings. The maximum atomic E-state index is 11.9. The molecule has 0 aromatic carbocycles. The minimum Gasteiger partial charge on any atom is -0.387 e. The highest BCUT2D eigenvalue weighted by molar-refractivity contribution is 5.92. The molecule has 1 aliphatic rings. The molecule has 0 unspecified atom stereocenters. The summed E-state index contributed by atoms with van der Waals surface area (Å²) in [5, 5.41) is 4.94. The van der Waals surface area contributed by atoms with Crippen LogP contribution in [0.5, 0.6) is 0 Å². The molecule has 5 nitrogen and oxygen atoms in total. The second-order valence-corrected chi connectivity index (χ2v) is 4.17. The van der Waals surface area contributed by atoms with Crippen LogP contribution in [0, 0.1) is 0 Å². The monoisotopic (exact) mass is 234 g/mol. The first kappa shape index (κ1) is 11.9. The zero-order valence-corrected chi connectivity index (χ0v) is 10.1. The first-order valence-corrected chi connectivity index (χ1v) is 5.99. The molecule has 92 valence electrons. The number of carbonyl (C=O) groups excluding carboxylic acids is 1. The van der Waals surface area contributed by atoms with E-state index < -0.39 is 0 Å². The lowest BCUT2D eigenvalue weighted by Crippen LogP contribution is -2.45. The number of amides is 1. The maximum Gasteiger partial charge on any atom is 0.284 e. The Labute approximate surface area is 101 Å². The molecule has 2 N–H and O–H groups in total. The molecule has 1 fully saturated rings. The van der Waals surface area contributed by atoms with Crippen LogP contribution in [-0.2, 0) is 0 Å². The average Bonchev–Trinajstić information content (AvgIpc) is 2.40. The summed E-state index contributed by atoms with van der Waals surface area (Å²) in [5.74, 6) is -0.130. The van der Waals surface area contributed by atoms with Gasteiger partial charge in [0.15, 0.2) is 0 Å². The molecule has 1 saturated heterocycles. The van der Waals surface area contributed by atoms with Crippen molar-refractivity contribution in [1.29, 1.82) is 0 Å². The molecule has 1 aliphatic heterocycles. The highest BCUT2D eigenvalue weighted by Gasteiger charge is 2.14. The Morgan fingerprint density at radius 3 is 2.65 bits per heavy atom. The van der Waals surface area contributed by atoms with E-state index >= 15 is 0 Å². The lowest BCUT2D eigenvalue weighted by atomic mass is 10.2. The standard InChI is InChI=1S/C12H18N4O/c1-13-10-5-6-11(14-9-10)12(17)15-16-7-3-2-4-8-16/h5-6,9,13H,2-4,7-8H2,1H3,(H,15,17). The number of hydrogen-bond acceptors (Lipinski definition) is 4. The summed E-state index contributed by atoms with van der Waals surface area (Å²) in [5.41, 5.74) is 4.24. The van der Waals surface area contributed by atoms with Gasteiger partial charge in [0.2, 0.25) is 0 Å². The Bertz CT molecular complexity index is 371. The third-order valence-corrected chi connectivity index (χ3v) is 2.90. The second kappa shape index (κ2) is 5.63. The van der Waals surface area contributed by atoms with Crippen LogP contribution in [-0.4, -0.2) is 36.0 Å². The van der Waals surface area contributed by atoms with Crippen molar-refractivity contribution in [2.24, 2.45) is 0 Å². The predicted molar refractivity (Wildman–Crippen MR) is 66.7 cm³/mol. The third kappa shape index (κ3) is 3.17. The Morgan fingerprint density at radius 1 is 1.29 bits per heavy atom. The van der Waals surface area contributed by atoms with Gasteiger partial charge in [0.1, 0.15) is 5.69 Å². The van der Waals surface area contributed by atoms with E-state index in [4.69, 9.17) is 0 Å². The number of hydrogen-bond donors (Lipinski definition) is 2. The number of rotatable bonds is 3. The Kier molecular flexibility index (Phi) is 3.93. The normalized spacial score (nSPS) is 16.5. The van der Waals surface area contributed by atoms with Crippen molar-refractivity contribution < 1.29 is 4.79 Å². The maximum absolute atomic E-state index is 11.9. The molecule has 1 aromatic heterocycles. The fourth-order valence-corrected chi connectivity index (χ4v) is 1.88. The molecule has 0 aliphatic carbocycles. The number of piperidine rings is 1. The van der Waals surface area contributed by atoms with E-state index in [0.29, 0.717) is 5.69 Å². The van der Waals surface area contributed by atoms with Crippen molar-refractivity contribution in [3.05, 3.63) is 24.0 Å². The number of aromatic nitrogens is 1. The SMILES string of the molecule is CNc1ccc(C(=O)NN2CCCCC2)nc1. The molecule has 0 bridgehead atoms. The Morgan fingerprint density at radius 2 is 2.06 bits per heavy atom. The summed E-state index contributed by atoms with van der Waals surface area (Å²) >= 11 is 0. The number of hydrazine groups is 1. The summed E-state index contributed by atoms with van der Waals surface area (Å²) in [4.78, 5) is 16.0. The van der Waals surface area contributed by atoms with E-state index in [1.165, 1.54) is 6.42 Å². The number of nitrogens with one attached hydrogen (secondary N) is 2. The molecular formula is C12H18N4O. The summed E-state index contributed by atoms with van der Waals surface area (Å²) in [6.45, 7) is 1.86. The first-order valence-electron chi connectivity index (χ1n) is 5.99. The second-order valence-electron chi connectivity index (χ2n) is 4.17. The van der Waals surface area contributed by atoms with Gasteiger partial charge in [0.25, 0.3) is 5.91 Å². The zero-order valence-electron chi connectivity index (χ0n) is 10.1. The summed E-state index contributed by atoms with van der Waals surface area (Å²) in [6, 6.07) is 3.57. The van der Waals surface area contributed by atoms with E-state index in [0.717, 1.165) is 31.6 Å². The van der Waals surface area contributed by atoms with Crippen molar-refractivity contribution >= 4 is 11.6 Å². The smallest absolute Gasteiger partial charge is 0.284 e. The van der Waals surface area contributed by atoms with Gasteiger partial charge in [-0.15, -0.1) is 0 Å². The molecule has 2 heterocycles. The zero-order chi connectivity index (χ0) is 12.1. The van der Waals surface area contributed by atoms with Crippen molar-refractivity contribution in [3.63, 3.8) is 0 Å². The van der Waals surface area contributed by atoms with Gasteiger partial charge >= 0.3 is 0 Å². The van der Waals surface area contributed by atoms with Crippen LogP contribution in [0.2, 0.25) is 0 Å². The lowest BCUT2D eigenvalue weighted by Gasteiger charge is -2.26. The van der Waals surface area contributed by atoms with Gasteiger partial charge in [0.05, 0.1) is 11.9 Å². The van der Waals surface area contributed by atoms with Gasteiger partial charge in [-0.3, -0.25) is 10.2 Å². The highest BCUT2D eigenvalue weighted by Crippen LogP contribution is 2.08. The highest BCUT2D eigenvalue weighted by atomic mass is 16.2. The van der Waals surface area contributed by atoms with Crippen LogP contribution in [0.15, 0.2) is 18.3 Å². The lowest BCUT2D eigenvalue weighted by molar-refractivity contribution is 0.0745. The van der Waals surface area contributed by atoms with Crippen molar-refractivity contribution in [3.8, 4) is 0 Å². The van der Waals surface area contributed by atoms with E-state index in [-0.39, 0.29) is 5.91 Å². The van der Waals surface area contributed by atoms with Gasteiger partial charge in [0, 0.05) is 20.1 Å². The van der Waals surface area contributed by atoms with E-state index in [1.54, 1.807) is 12.3 Å². The van der Waals surface area contributed by atoms with Crippen molar-refractivity contribution in [1.82, 2.24) is 15.4 Å². The van der Waals surface area contributed by atoms with E-state index in [9.17, 15) is 4.79 Å². The molecule has 5 heteroatoms. The molecule has 0 saturated carbocycles. The van der Waals surface area contributed by atoms with Crippen molar-refractivity contribution in [2.45, 2.75) is 19.3 Å². The van der Waals surface area contributed by atoms with Crippen LogP contribution in [0.25, 0.3) is 0 Å². The Hall–Kier alpha value is -1.62. The van der Waals surface area contributed by atoms with E-state index in [1.807, 2.05) is 18.1 Å². The molecule has 0 radical (unpaired) electrons. The Balaban J connectivity index is 1.93. The number of pyridine rings is 1. The van der Waals surface area contributed by atoms with Gasteiger partial charge in [-0.1, -0.05) is 6.42 Å². The quantitative estimate of drug-likeness (QED) is 0.826. The summed E-state index contributed by atoms with van der Waals surface area (Å²) in [7, 11) is 1.82. The first-order chi connectivity index (χ1) is 8.29. The van der Waals surface area contributed by atoms with Crippen LogP contribution in [0.1, 0.15) is 29.8 Å². The average molecular weight is 234 g/mol. The van der Waals surface area contributed by atoms with Crippen LogP contribution >= 0.6 is 0 Å². The number of carbonyl (C=O) groups is 1. The molecule has 2 rings (SSSR count).